The summed E-state index contributed by atoms with van der Waals surface area (Å²) in [5.41, 5.74) is 0.953. The van der Waals surface area contributed by atoms with Crippen molar-refractivity contribution in [2.75, 3.05) is 17.4 Å². The maximum Gasteiger partial charge on any atom is 0.264 e. The minimum absolute atomic E-state index is 0.00578. The van der Waals surface area contributed by atoms with Crippen LogP contribution in [0.1, 0.15) is 32.3 Å². The maximum atomic E-state index is 13.9. The third-order valence-corrected chi connectivity index (χ3v) is 8.10. The molecule has 0 spiro atoms. The van der Waals surface area contributed by atoms with Gasteiger partial charge in [0.05, 0.1) is 10.6 Å². The molecule has 0 aliphatic heterocycles. The fourth-order valence-corrected chi connectivity index (χ4v) is 5.93. The highest BCUT2D eigenvalue weighted by atomic mass is 35.5. The van der Waals surface area contributed by atoms with E-state index in [1.807, 2.05) is 44.2 Å². The van der Waals surface area contributed by atoms with Gasteiger partial charge in [0.15, 0.2) is 0 Å². The van der Waals surface area contributed by atoms with E-state index in [0.29, 0.717) is 13.0 Å². The summed E-state index contributed by atoms with van der Waals surface area (Å²) < 4.78 is 28.5. The zero-order valence-corrected chi connectivity index (χ0v) is 23.6. The van der Waals surface area contributed by atoms with Crippen LogP contribution in [0, 0.1) is 0 Å². The average Bonchev–Trinajstić information content (AvgIpc) is 2.90. The molecule has 3 aromatic carbocycles. The Kier molecular flexibility index (Phi) is 10.6. The second-order valence-electron chi connectivity index (χ2n) is 8.67. The normalized spacial score (nSPS) is 12.0. The van der Waals surface area contributed by atoms with Crippen molar-refractivity contribution in [2.24, 2.45) is 0 Å². The second kappa shape index (κ2) is 13.6. The molecule has 3 aromatic rings. The van der Waals surface area contributed by atoms with E-state index in [0.717, 1.165) is 16.3 Å². The van der Waals surface area contributed by atoms with Crippen LogP contribution in [0.2, 0.25) is 10.0 Å². The molecule has 0 unspecified atom stereocenters. The van der Waals surface area contributed by atoms with Crippen LogP contribution in [0.4, 0.5) is 5.69 Å². The molecule has 0 heterocycles. The number of carbonyl (C=O) groups excluding carboxylic acids is 2. The molecule has 2 amide bonds. The van der Waals surface area contributed by atoms with Crippen molar-refractivity contribution in [1.82, 2.24) is 10.2 Å². The zero-order valence-electron chi connectivity index (χ0n) is 21.3. The van der Waals surface area contributed by atoms with Crippen LogP contribution in [0.15, 0.2) is 83.8 Å². The van der Waals surface area contributed by atoms with Crippen LogP contribution in [0.5, 0.6) is 0 Å². The first-order valence-corrected chi connectivity index (χ1v) is 14.5. The van der Waals surface area contributed by atoms with Gasteiger partial charge in [-0.25, -0.2) is 8.42 Å². The number of sulfonamides is 1. The lowest BCUT2D eigenvalue weighted by Crippen LogP contribution is -2.52. The molecule has 1 atom stereocenters. The van der Waals surface area contributed by atoms with Gasteiger partial charge in [-0.1, -0.05) is 85.6 Å². The fraction of sp³-hybridized carbons (Fsp3) is 0.286. The van der Waals surface area contributed by atoms with E-state index in [2.05, 4.69) is 5.32 Å². The van der Waals surface area contributed by atoms with Crippen molar-refractivity contribution in [3.63, 3.8) is 0 Å². The van der Waals surface area contributed by atoms with Crippen molar-refractivity contribution in [3.8, 4) is 0 Å². The molecule has 202 valence electrons. The van der Waals surface area contributed by atoms with Gasteiger partial charge in [0, 0.05) is 23.1 Å². The number of hydrogen-bond donors (Lipinski definition) is 1. The van der Waals surface area contributed by atoms with Gasteiger partial charge in [-0.05, 0) is 48.7 Å². The second-order valence-corrected chi connectivity index (χ2v) is 11.4. The Bertz CT molecular complexity index is 1320. The van der Waals surface area contributed by atoms with Crippen LogP contribution in [-0.4, -0.2) is 44.3 Å². The van der Waals surface area contributed by atoms with Gasteiger partial charge >= 0.3 is 0 Å². The topological polar surface area (TPSA) is 86.8 Å². The number of halogens is 2. The van der Waals surface area contributed by atoms with Gasteiger partial charge in [-0.15, -0.1) is 0 Å². The molecule has 0 aromatic heterocycles. The van der Waals surface area contributed by atoms with E-state index in [4.69, 9.17) is 23.2 Å². The molecule has 0 radical (unpaired) electrons. The third kappa shape index (κ3) is 7.49. The van der Waals surface area contributed by atoms with Crippen molar-refractivity contribution in [2.45, 2.75) is 44.2 Å². The van der Waals surface area contributed by atoms with E-state index in [1.165, 1.54) is 35.2 Å². The lowest BCUT2D eigenvalue weighted by molar-refractivity contribution is -0.140. The largest absolute Gasteiger partial charge is 0.354 e. The number of anilines is 1. The summed E-state index contributed by atoms with van der Waals surface area (Å²) >= 11 is 12.4. The Hall–Kier alpha value is -3.07. The Morgan fingerprint density at radius 3 is 2.03 bits per heavy atom. The predicted octanol–water partition coefficient (Wildman–Crippen LogP) is 5.52. The van der Waals surface area contributed by atoms with Gasteiger partial charge in [0.2, 0.25) is 11.8 Å². The molecule has 0 fully saturated rings. The van der Waals surface area contributed by atoms with Crippen molar-refractivity contribution in [1.29, 1.82) is 0 Å². The Morgan fingerprint density at radius 2 is 1.47 bits per heavy atom. The highest BCUT2D eigenvalue weighted by Crippen LogP contribution is 2.30. The van der Waals surface area contributed by atoms with Gasteiger partial charge in [0.25, 0.3) is 10.0 Å². The zero-order chi connectivity index (χ0) is 27.7. The van der Waals surface area contributed by atoms with Crippen molar-refractivity contribution in [3.05, 3.63) is 94.5 Å². The van der Waals surface area contributed by atoms with Gasteiger partial charge in [-0.3, -0.25) is 13.9 Å². The molecule has 0 aliphatic rings. The van der Waals surface area contributed by atoms with E-state index in [1.54, 1.807) is 18.2 Å². The molecule has 1 N–H and O–H groups in total. The first-order valence-electron chi connectivity index (χ1n) is 12.3. The number of carbonyl (C=O) groups is 2. The molecule has 38 heavy (non-hydrogen) atoms. The lowest BCUT2D eigenvalue weighted by atomic mass is 10.1. The van der Waals surface area contributed by atoms with Crippen LogP contribution in [-0.2, 0) is 26.2 Å². The summed E-state index contributed by atoms with van der Waals surface area (Å²) in [6.07, 6.45) is 1.09. The maximum absolute atomic E-state index is 13.9. The number of nitrogens with zero attached hydrogens (tertiary/aromatic N) is 2. The number of benzene rings is 3. The summed E-state index contributed by atoms with van der Waals surface area (Å²) in [6.45, 7) is 3.80. The van der Waals surface area contributed by atoms with Gasteiger partial charge < -0.3 is 10.2 Å². The molecule has 0 saturated heterocycles. The number of amides is 2. The smallest absolute Gasteiger partial charge is 0.264 e. The number of rotatable bonds is 12. The lowest BCUT2D eigenvalue weighted by Gasteiger charge is -2.33. The SMILES string of the molecule is CCCNC(=O)[C@H](CC)N(Cc1ccccc1)C(=O)CN(c1cc(Cl)cc(Cl)c1)S(=O)(=O)c1ccccc1. The Balaban J connectivity index is 2.06. The van der Waals surface area contributed by atoms with E-state index >= 15 is 0 Å². The summed E-state index contributed by atoms with van der Waals surface area (Å²) in [4.78, 5) is 28.4. The van der Waals surface area contributed by atoms with Crippen LogP contribution in [0.3, 0.4) is 0 Å². The van der Waals surface area contributed by atoms with Crippen molar-refractivity contribution >= 4 is 50.7 Å². The summed E-state index contributed by atoms with van der Waals surface area (Å²) in [6, 6.07) is 20.6. The molecule has 0 saturated carbocycles. The molecule has 10 heteroatoms. The highest BCUT2D eigenvalue weighted by Gasteiger charge is 2.33. The first-order chi connectivity index (χ1) is 18.2. The van der Waals surface area contributed by atoms with Gasteiger partial charge in [0.1, 0.15) is 12.6 Å². The summed E-state index contributed by atoms with van der Waals surface area (Å²) in [5.74, 6) is -0.829. The Labute approximate surface area is 234 Å². The van der Waals surface area contributed by atoms with Crippen molar-refractivity contribution < 1.29 is 18.0 Å². The predicted molar refractivity (Wildman–Crippen MR) is 152 cm³/mol. The third-order valence-electron chi connectivity index (χ3n) is 5.88. The molecule has 0 bridgehead atoms. The molecule has 0 aliphatic carbocycles. The average molecular weight is 577 g/mol. The van der Waals surface area contributed by atoms with Gasteiger partial charge in [-0.2, -0.15) is 0 Å². The Morgan fingerprint density at radius 1 is 0.895 bits per heavy atom. The molecule has 7 nitrogen and oxygen atoms in total. The number of nitrogens with one attached hydrogen (secondary N) is 1. The minimum Gasteiger partial charge on any atom is -0.354 e. The quantitative estimate of drug-likeness (QED) is 0.308. The summed E-state index contributed by atoms with van der Waals surface area (Å²) in [7, 11) is -4.19. The van der Waals surface area contributed by atoms with Crippen LogP contribution < -0.4 is 9.62 Å². The van der Waals surface area contributed by atoms with E-state index in [9.17, 15) is 18.0 Å². The minimum atomic E-state index is -4.19. The van der Waals surface area contributed by atoms with E-state index < -0.39 is 28.5 Å². The monoisotopic (exact) mass is 575 g/mol. The summed E-state index contributed by atoms with van der Waals surface area (Å²) in [5, 5.41) is 3.30. The molecular weight excluding hydrogens is 545 g/mol. The van der Waals surface area contributed by atoms with E-state index in [-0.39, 0.29) is 33.1 Å². The standard InChI is InChI=1S/C28H31Cl2N3O4S/c1-3-15-31-28(35)26(4-2)32(19-21-11-7-5-8-12-21)27(34)20-33(24-17-22(29)16-23(30)18-24)38(36,37)25-13-9-6-10-14-25/h5-14,16-18,26H,3-4,15,19-20H2,1-2H3,(H,31,35)/t26-/m0/s1. The molecular formula is C28H31Cl2N3O4S. The highest BCUT2D eigenvalue weighted by molar-refractivity contribution is 7.92. The van der Waals surface area contributed by atoms with Crippen LogP contribution in [0.25, 0.3) is 0 Å². The number of hydrogen-bond acceptors (Lipinski definition) is 4. The first kappa shape index (κ1) is 29.5. The molecule has 3 rings (SSSR count). The van der Waals surface area contributed by atoms with Crippen LogP contribution >= 0.6 is 23.2 Å². The fourth-order valence-electron chi connectivity index (χ4n) is 4.00.